The summed E-state index contributed by atoms with van der Waals surface area (Å²) in [6, 6.07) is 17.2. The fourth-order valence-electron chi connectivity index (χ4n) is 2.28. The highest BCUT2D eigenvalue weighted by molar-refractivity contribution is 5.78. The second kappa shape index (κ2) is 8.02. The van der Waals surface area contributed by atoms with Crippen molar-refractivity contribution in [1.82, 2.24) is 15.0 Å². The van der Waals surface area contributed by atoms with Crippen molar-refractivity contribution in [2.45, 2.75) is 6.92 Å². The molecule has 0 amide bonds. The number of nitrogens with one attached hydrogen (secondary N) is 2. The van der Waals surface area contributed by atoms with Crippen LogP contribution in [-0.4, -0.2) is 15.0 Å². The van der Waals surface area contributed by atoms with Crippen molar-refractivity contribution in [3.63, 3.8) is 0 Å². The van der Waals surface area contributed by atoms with Crippen LogP contribution in [0.1, 0.15) is 5.56 Å². The Kier molecular flexibility index (Phi) is 5.34. The van der Waals surface area contributed by atoms with Crippen molar-refractivity contribution in [3.05, 3.63) is 94.8 Å². The molecule has 0 spiro atoms. The third-order valence-electron chi connectivity index (χ3n) is 3.51. The molecule has 0 fully saturated rings. The summed E-state index contributed by atoms with van der Waals surface area (Å²) >= 11 is 0. The van der Waals surface area contributed by atoms with E-state index in [0.29, 0.717) is 11.5 Å². The first-order chi connectivity index (χ1) is 12.6. The van der Waals surface area contributed by atoms with Crippen molar-refractivity contribution >= 4 is 22.5 Å². The number of benzene rings is 2. The molecule has 2 aromatic heterocycles. The Balaban J connectivity index is 0.000000236. The predicted octanol–water partition coefficient (Wildman–Crippen LogP) is 4.20. The molecule has 0 unspecified atom stereocenters. The van der Waals surface area contributed by atoms with E-state index in [1.807, 2.05) is 55.6 Å². The number of fused-ring (bicyclic) bond motifs is 1. The van der Waals surface area contributed by atoms with Crippen LogP contribution in [0.4, 0.5) is 16.0 Å². The van der Waals surface area contributed by atoms with Crippen LogP contribution in [0.2, 0.25) is 0 Å². The molecule has 0 saturated carbocycles. The van der Waals surface area contributed by atoms with Crippen molar-refractivity contribution < 1.29 is 4.39 Å². The van der Waals surface area contributed by atoms with Crippen LogP contribution in [0.15, 0.2) is 77.9 Å². The molecule has 26 heavy (non-hydrogen) atoms. The second-order valence-electron chi connectivity index (χ2n) is 5.60. The molecule has 2 heterocycles. The van der Waals surface area contributed by atoms with Gasteiger partial charge in [0, 0.05) is 18.1 Å². The zero-order valence-electron chi connectivity index (χ0n) is 14.1. The summed E-state index contributed by atoms with van der Waals surface area (Å²) in [5.74, 6) is -0.126. The van der Waals surface area contributed by atoms with Crippen LogP contribution in [0, 0.1) is 12.7 Å². The van der Waals surface area contributed by atoms with Gasteiger partial charge in [-0.1, -0.05) is 24.3 Å². The van der Waals surface area contributed by atoms with Crippen molar-refractivity contribution in [3.8, 4) is 0 Å². The van der Waals surface area contributed by atoms with Crippen LogP contribution in [0.25, 0.3) is 10.9 Å². The Morgan fingerprint density at radius 1 is 1.04 bits per heavy atom. The average Bonchev–Trinajstić information content (AvgIpc) is 2.64. The molecule has 0 radical (unpaired) electrons. The number of halogens is 1. The molecule has 0 aliphatic rings. The molecule has 130 valence electrons. The number of aryl methyl sites for hydroxylation is 1. The third kappa shape index (κ3) is 4.51. The van der Waals surface area contributed by atoms with E-state index in [-0.39, 0.29) is 10.9 Å². The van der Waals surface area contributed by atoms with Crippen molar-refractivity contribution in [2.24, 2.45) is 0 Å². The molecule has 2 N–H and O–H groups in total. The van der Waals surface area contributed by atoms with Crippen LogP contribution in [-0.2, 0) is 0 Å². The maximum absolute atomic E-state index is 13.1. The van der Waals surface area contributed by atoms with E-state index in [4.69, 9.17) is 0 Å². The lowest BCUT2D eigenvalue weighted by Gasteiger charge is -2.06. The lowest BCUT2D eigenvalue weighted by atomic mass is 10.2. The lowest BCUT2D eigenvalue weighted by molar-refractivity contribution is 0.629. The first-order valence-electron chi connectivity index (χ1n) is 8.00. The van der Waals surface area contributed by atoms with Gasteiger partial charge >= 0.3 is 0 Å². The van der Waals surface area contributed by atoms with E-state index in [1.54, 1.807) is 6.20 Å². The number of nitrogens with zero attached hydrogens (tertiary/aromatic N) is 2. The highest BCUT2D eigenvalue weighted by Crippen LogP contribution is 2.14. The summed E-state index contributed by atoms with van der Waals surface area (Å²) in [5.41, 5.74) is 2.10. The number of rotatable bonds is 2. The Bertz CT molecular complexity index is 1050. The normalized spacial score (nSPS) is 10.1. The molecule has 4 rings (SSSR count). The number of hydrogen-bond acceptors (Lipinski definition) is 4. The highest BCUT2D eigenvalue weighted by Gasteiger charge is 2.05. The van der Waals surface area contributed by atoms with Gasteiger partial charge in [0.1, 0.15) is 5.82 Å². The van der Waals surface area contributed by atoms with Gasteiger partial charge in [-0.15, -0.1) is 0 Å². The molecule has 0 atom stereocenters. The van der Waals surface area contributed by atoms with Gasteiger partial charge in [0.25, 0.3) is 5.56 Å². The first-order valence-corrected chi connectivity index (χ1v) is 8.00. The van der Waals surface area contributed by atoms with Crippen LogP contribution < -0.4 is 10.9 Å². The van der Waals surface area contributed by atoms with E-state index < -0.39 is 5.82 Å². The molecular weight excluding hydrogens is 331 g/mol. The quantitative estimate of drug-likeness (QED) is 0.570. The van der Waals surface area contributed by atoms with E-state index in [9.17, 15) is 9.18 Å². The number of H-pyrrole nitrogens is 1. The third-order valence-corrected chi connectivity index (χ3v) is 3.51. The minimum Gasteiger partial charge on any atom is -0.326 e. The van der Waals surface area contributed by atoms with Crippen LogP contribution >= 0.6 is 0 Å². The first kappa shape index (κ1) is 17.3. The Hall–Kier alpha value is -3.54. The number of hydrogen-bond donors (Lipinski definition) is 2. The van der Waals surface area contributed by atoms with E-state index in [1.165, 1.54) is 23.8 Å². The molecule has 0 saturated heterocycles. The molecule has 6 heteroatoms. The Morgan fingerprint density at radius 3 is 2.50 bits per heavy atom. The zero-order valence-corrected chi connectivity index (χ0v) is 14.1. The lowest BCUT2D eigenvalue weighted by Crippen LogP contribution is -2.11. The van der Waals surface area contributed by atoms with Gasteiger partial charge in [-0.2, -0.15) is 0 Å². The fraction of sp³-hybridized carbons (Fsp3) is 0.0500. The number of para-hydroxylation sites is 1. The van der Waals surface area contributed by atoms with Crippen molar-refractivity contribution in [1.29, 1.82) is 0 Å². The van der Waals surface area contributed by atoms with Gasteiger partial charge in [0.15, 0.2) is 0 Å². The topological polar surface area (TPSA) is 70.7 Å². The largest absolute Gasteiger partial charge is 0.326 e. The van der Waals surface area contributed by atoms with Crippen LogP contribution in [0.3, 0.4) is 0 Å². The Morgan fingerprint density at radius 2 is 1.85 bits per heavy atom. The molecular formula is C20H17FN4O. The molecule has 0 aliphatic carbocycles. The minimum atomic E-state index is -0.455. The maximum atomic E-state index is 13.1. The van der Waals surface area contributed by atoms with E-state index >= 15 is 0 Å². The number of aromatic nitrogens is 3. The summed E-state index contributed by atoms with van der Waals surface area (Å²) in [7, 11) is 0. The predicted molar refractivity (Wildman–Crippen MR) is 101 cm³/mol. The summed E-state index contributed by atoms with van der Waals surface area (Å²) in [6.07, 6.45) is 3.60. The summed E-state index contributed by atoms with van der Waals surface area (Å²) in [4.78, 5) is 22.5. The molecule has 4 aromatic rings. The van der Waals surface area contributed by atoms with Crippen molar-refractivity contribution in [2.75, 3.05) is 5.32 Å². The standard InChI is InChI=1S/C14H10FN3O.C6H7N/c15-9-6-7-12-11(8-9)13(19)18-14(17-12)16-10-4-2-1-3-5-10;1-6-3-2-4-7-5-6/h1-8H,(H2,16,17,18,19);2-5H,1H3. The monoisotopic (exact) mass is 348 g/mol. The van der Waals surface area contributed by atoms with Gasteiger partial charge in [-0.3, -0.25) is 14.8 Å². The Labute approximate surface area is 149 Å². The molecule has 5 nitrogen and oxygen atoms in total. The molecule has 2 aromatic carbocycles. The van der Waals surface area contributed by atoms with Gasteiger partial charge < -0.3 is 5.32 Å². The minimum absolute atomic E-state index is 0.235. The van der Waals surface area contributed by atoms with Gasteiger partial charge in [-0.25, -0.2) is 9.37 Å². The number of pyridine rings is 1. The summed E-state index contributed by atoms with van der Waals surface area (Å²) < 4.78 is 13.1. The van der Waals surface area contributed by atoms with Gasteiger partial charge in [0.05, 0.1) is 10.9 Å². The fourth-order valence-corrected chi connectivity index (χ4v) is 2.28. The van der Waals surface area contributed by atoms with E-state index in [2.05, 4.69) is 20.3 Å². The van der Waals surface area contributed by atoms with Crippen LogP contribution in [0.5, 0.6) is 0 Å². The van der Waals surface area contributed by atoms with Gasteiger partial charge in [0.2, 0.25) is 5.95 Å². The number of anilines is 2. The smallest absolute Gasteiger partial charge is 0.260 e. The number of aromatic amines is 1. The SMILES string of the molecule is Cc1cccnc1.O=c1[nH]c(Nc2ccccc2)nc2ccc(F)cc12. The summed E-state index contributed by atoms with van der Waals surface area (Å²) in [6.45, 7) is 2.02. The average molecular weight is 348 g/mol. The zero-order chi connectivity index (χ0) is 18.4. The second-order valence-corrected chi connectivity index (χ2v) is 5.60. The van der Waals surface area contributed by atoms with E-state index in [0.717, 1.165) is 5.69 Å². The van der Waals surface area contributed by atoms with Gasteiger partial charge in [-0.05, 0) is 48.9 Å². The summed E-state index contributed by atoms with van der Waals surface area (Å²) in [5, 5.41) is 3.23. The maximum Gasteiger partial charge on any atom is 0.260 e. The highest BCUT2D eigenvalue weighted by atomic mass is 19.1. The molecule has 0 bridgehead atoms. The molecule has 0 aliphatic heterocycles.